The fourth-order valence-electron chi connectivity index (χ4n) is 4.72. The maximum absolute atomic E-state index is 6.59. The number of nitrogens with two attached hydrogens (primary N) is 1. The number of piperidine rings is 1. The molecule has 0 bridgehead atoms. The van der Waals surface area contributed by atoms with E-state index in [9.17, 15) is 0 Å². The molecule has 6 atom stereocenters. The highest BCUT2D eigenvalue weighted by Gasteiger charge is 2.45. The molecule has 5 unspecified atom stereocenters. The van der Waals surface area contributed by atoms with Crippen molar-refractivity contribution in [1.29, 1.82) is 0 Å². The second-order valence-corrected chi connectivity index (χ2v) is 6.66. The molecular weight excluding hydrogens is 208 g/mol. The van der Waals surface area contributed by atoms with Crippen LogP contribution in [0.4, 0.5) is 0 Å². The van der Waals surface area contributed by atoms with Gasteiger partial charge in [0, 0.05) is 18.1 Å². The van der Waals surface area contributed by atoms with E-state index in [0.717, 1.165) is 29.8 Å². The minimum atomic E-state index is 0.490. The molecule has 1 heterocycles. The van der Waals surface area contributed by atoms with Crippen molar-refractivity contribution < 1.29 is 0 Å². The van der Waals surface area contributed by atoms with E-state index >= 15 is 0 Å². The molecule has 3 N–H and O–H groups in total. The van der Waals surface area contributed by atoms with Crippen LogP contribution in [-0.2, 0) is 0 Å². The van der Waals surface area contributed by atoms with Crippen molar-refractivity contribution in [1.82, 2.24) is 5.32 Å². The number of fused-ring (bicyclic) bond motifs is 2. The standard InChI is InChI=1S/C15H28N2/c1-2-10-7-8-12-14(9-10)17-13-6-4-3-5-11(13)15(12)16/h10-15,17H,2-9,16H2,1H3/t10?,11?,12?,13-,14?,15?/m0/s1. The normalized spacial score (nSPS) is 50.5. The van der Waals surface area contributed by atoms with Gasteiger partial charge < -0.3 is 11.1 Å². The van der Waals surface area contributed by atoms with Crippen LogP contribution < -0.4 is 11.1 Å². The number of rotatable bonds is 1. The van der Waals surface area contributed by atoms with Crippen molar-refractivity contribution in [3.05, 3.63) is 0 Å². The van der Waals surface area contributed by atoms with Gasteiger partial charge in [0.05, 0.1) is 0 Å². The Labute approximate surface area is 106 Å². The summed E-state index contributed by atoms with van der Waals surface area (Å²) in [6.45, 7) is 2.34. The fourth-order valence-corrected chi connectivity index (χ4v) is 4.72. The first-order valence-corrected chi connectivity index (χ1v) is 7.81. The van der Waals surface area contributed by atoms with E-state index in [1.54, 1.807) is 0 Å². The molecule has 0 aromatic carbocycles. The summed E-state index contributed by atoms with van der Waals surface area (Å²) in [5.41, 5.74) is 6.59. The van der Waals surface area contributed by atoms with E-state index < -0.39 is 0 Å². The Morgan fingerprint density at radius 1 is 1.00 bits per heavy atom. The van der Waals surface area contributed by atoms with Crippen molar-refractivity contribution in [2.45, 2.75) is 76.4 Å². The maximum Gasteiger partial charge on any atom is 0.0125 e. The molecule has 3 aliphatic rings. The first-order chi connectivity index (χ1) is 8.29. The Kier molecular flexibility index (Phi) is 3.45. The maximum atomic E-state index is 6.59. The van der Waals surface area contributed by atoms with Gasteiger partial charge in [0.2, 0.25) is 0 Å². The highest BCUT2D eigenvalue weighted by atomic mass is 15.0. The first kappa shape index (κ1) is 12.0. The second kappa shape index (κ2) is 4.89. The Balaban J connectivity index is 1.71. The third-order valence-corrected chi connectivity index (χ3v) is 5.83. The number of nitrogens with one attached hydrogen (secondary N) is 1. The topological polar surface area (TPSA) is 38.0 Å². The van der Waals surface area contributed by atoms with Crippen LogP contribution in [0.25, 0.3) is 0 Å². The zero-order valence-electron chi connectivity index (χ0n) is 11.2. The quantitative estimate of drug-likeness (QED) is 0.734. The molecule has 2 aliphatic carbocycles. The van der Waals surface area contributed by atoms with Gasteiger partial charge >= 0.3 is 0 Å². The lowest BCUT2D eigenvalue weighted by atomic mass is 9.64. The van der Waals surface area contributed by atoms with E-state index in [-0.39, 0.29) is 0 Å². The van der Waals surface area contributed by atoms with Crippen LogP contribution in [0.3, 0.4) is 0 Å². The van der Waals surface area contributed by atoms with Crippen molar-refractivity contribution in [2.24, 2.45) is 23.5 Å². The van der Waals surface area contributed by atoms with Gasteiger partial charge in [-0.25, -0.2) is 0 Å². The van der Waals surface area contributed by atoms with Crippen molar-refractivity contribution in [3.8, 4) is 0 Å². The minimum Gasteiger partial charge on any atom is -0.327 e. The minimum absolute atomic E-state index is 0.490. The average molecular weight is 236 g/mol. The zero-order chi connectivity index (χ0) is 11.8. The molecule has 0 spiro atoms. The van der Waals surface area contributed by atoms with Gasteiger partial charge in [-0.15, -0.1) is 0 Å². The van der Waals surface area contributed by atoms with Crippen LogP contribution in [0.15, 0.2) is 0 Å². The largest absolute Gasteiger partial charge is 0.327 e. The molecule has 0 amide bonds. The van der Waals surface area contributed by atoms with Gasteiger partial charge in [0.15, 0.2) is 0 Å². The SMILES string of the molecule is CCC1CCC2C(C1)N[C@H]1CCCCC1C2N. The van der Waals surface area contributed by atoms with Gasteiger partial charge in [-0.1, -0.05) is 32.6 Å². The van der Waals surface area contributed by atoms with Gasteiger partial charge in [0.25, 0.3) is 0 Å². The molecule has 0 aromatic rings. The smallest absolute Gasteiger partial charge is 0.0125 e. The summed E-state index contributed by atoms with van der Waals surface area (Å²) in [7, 11) is 0. The summed E-state index contributed by atoms with van der Waals surface area (Å²) < 4.78 is 0. The van der Waals surface area contributed by atoms with Gasteiger partial charge in [0.1, 0.15) is 0 Å². The lowest BCUT2D eigenvalue weighted by Gasteiger charge is -2.52. The lowest BCUT2D eigenvalue weighted by molar-refractivity contribution is 0.0540. The molecule has 2 nitrogen and oxygen atoms in total. The van der Waals surface area contributed by atoms with Crippen LogP contribution in [0, 0.1) is 17.8 Å². The molecule has 17 heavy (non-hydrogen) atoms. The van der Waals surface area contributed by atoms with Crippen molar-refractivity contribution >= 4 is 0 Å². The molecular formula is C15H28N2. The first-order valence-electron chi connectivity index (χ1n) is 7.81. The van der Waals surface area contributed by atoms with Crippen molar-refractivity contribution in [2.75, 3.05) is 0 Å². The molecule has 0 aromatic heterocycles. The summed E-state index contributed by atoms with van der Waals surface area (Å²) in [6.07, 6.45) is 11.1. The molecule has 2 heteroatoms. The van der Waals surface area contributed by atoms with E-state index in [0.29, 0.717) is 6.04 Å². The molecule has 2 saturated carbocycles. The average Bonchev–Trinajstić information content (AvgIpc) is 2.38. The number of hydrogen-bond acceptors (Lipinski definition) is 2. The summed E-state index contributed by atoms with van der Waals surface area (Å²) in [5, 5.41) is 3.97. The fraction of sp³-hybridized carbons (Fsp3) is 1.00. The second-order valence-electron chi connectivity index (χ2n) is 6.66. The van der Waals surface area contributed by atoms with Gasteiger partial charge in [-0.3, -0.25) is 0 Å². The Bertz CT molecular complexity index is 266. The molecule has 98 valence electrons. The van der Waals surface area contributed by atoms with E-state index in [1.165, 1.54) is 51.4 Å². The zero-order valence-corrected chi connectivity index (χ0v) is 11.2. The van der Waals surface area contributed by atoms with Crippen LogP contribution in [0.5, 0.6) is 0 Å². The summed E-state index contributed by atoms with van der Waals surface area (Å²) in [4.78, 5) is 0. The predicted octanol–water partition coefficient (Wildman–Crippen LogP) is 2.67. The Morgan fingerprint density at radius 2 is 1.76 bits per heavy atom. The van der Waals surface area contributed by atoms with Crippen LogP contribution >= 0.6 is 0 Å². The molecule has 3 fully saturated rings. The van der Waals surface area contributed by atoms with E-state index in [4.69, 9.17) is 5.73 Å². The Morgan fingerprint density at radius 3 is 2.59 bits per heavy atom. The predicted molar refractivity (Wildman–Crippen MR) is 71.8 cm³/mol. The summed E-state index contributed by atoms with van der Waals surface area (Å²) >= 11 is 0. The summed E-state index contributed by atoms with van der Waals surface area (Å²) in [5.74, 6) is 2.51. The third-order valence-electron chi connectivity index (χ3n) is 5.83. The molecule has 1 saturated heterocycles. The molecule has 1 aliphatic heterocycles. The lowest BCUT2D eigenvalue weighted by Crippen LogP contribution is -2.64. The highest BCUT2D eigenvalue weighted by Crippen LogP contribution is 2.41. The number of hydrogen-bond donors (Lipinski definition) is 2. The van der Waals surface area contributed by atoms with Gasteiger partial charge in [-0.05, 0) is 43.4 Å². The summed E-state index contributed by atoms with van der Waals surface area (Å²) in [6, 6.07) is 1.98. The van der Waals surface area contributed by atoms with Crippen LogP contribution in [0.2, 0.25) is 0 Å². The molecule has 3 rings (SSSR count). The van der Waals surface area contributed by atoms with E-state index in [1.807, 2.05) is 0 Å². The van der Waals surface area contributed by atoms with Crippen molar-refractivity contribution in [3.63, 3.8) is 0 Å². The van der Waals surface area contributed by atoms with Gasteiger partial charge in [-0.2, -0.15) is 0 Å². The highest BCUT2D eigenvalue weighted by molar-refractivity contribution is 5.02. The Hall–Kier alpha value is -0.0800. The van der Waals surface area contributed by atoms with Crippen LogP contribution in [0.1, 0.15) is 58.3 Å². The monoisotopic (exact) mass is 236 g/mol. The third kappa shape index (κ3) is 2.15. The van der Waals surface area contributed by atoms with Crippen LogP contribution in [-0.4, -0.2) is 18.1 Å². The molecule has 0 radical (unpaired) electrons. The van der Waals surface area contributed by atoms with E-state index in [2.05, 4.69) is 12.2 Å².